The van der Waals surface area contributed by atoms with Crippen LogP contribution in [0.2, 0.25) is 0 Å². The molecule has 1 amide bonds. The van der Waals surface area contributed by atoms with E-state index in [9.17, 15) is 9.18 Å². The molecule has 0 spiro atoms. The second-order valence-electron chi connectivity index (χ2n) is 7.92. The van der Waals surface area contributed by atoms with E-state index >= 15 is 0 Å². The van der Waals surface area contributed by atoms with E-state index in [1.54, 1.807) is 12.1 Å². The number of rotatable bonds is 7. The summed E-state index contributed by atoms with van der Waals surface area (Å²) in [6.07, 6.45) is 5.99. The van der Waals surface area contributed by atoms with Gasteiger partial charge in [0.1, 0.15) is 5.82 Å². The molecular weight excluding hydrogens is 387 g/mol. The van der Waals surface area contributed by atoms with Crippen LogP contribution < -0.4 is 4.90 Å². The van der Waals surface area contributed by atoms with Crippen molar-refractivity contribution in [2.24, 2.45) is 4.99 Å². The Balaban J connectivity index is 1.59. The summed E-state index contributed by atoms with van der Waals surface area (Å²) >= 11 is 0. The van der Waals surface area contributed by atoms with Crippen LogP contribution >= 0.6 is 0 Å². The molecule has 0 radical (unpaired) electrons. The maximum Gasteiger partial charge on any atom is 0.227 e. The first-order valence-corrected chi connectivity index (χ1v) is 10.9. The summed E-state index contributed by atoms with van der Waals surface area (Å²) < 4.78 is 13.1. The molecule has 158 valence electrons. The highest BCUT2D eigenvalue weighted by molar-refractivity contribution is 5.97. The first kappa shape index (κ1) is 21.0. The molecule has 1 atom stereocenters. The number of nitrogens with zero attached hydrogens (tertiary/aromatic N) is 2. The summed E-state index contributed by atoms with van der Waals surface area (Å²) in [7, 11) is 0. The maximum atomic E-state index is 13.1. The fraction of sp³-hybridized carbons (Fsp3) is 0.259. The molecule has 0 N–H and O–H groups in total. The molecule has 3 nitrogen and oxygen atoms in total. The quantitative estimate of drug-likeness (QED) is 0.439. The average Bonchev–Trinajstić information content (AvgIpc) is 3.33. The van der Waals surface area contributed by atoms with E-state index in [0.29, 0.717) is 19.4 Å². The van der Waals surface area contributed by atoms with Gasteiger partial charge in [-0.2, -0.15) is 0 Å². The normalized spacial score (nSPS) is 14.0. The van der Waals surface area contributed by atoms with Gasteiger partial charge in [0, 0.05) is 42.9 Å². The van der Waals surface area contributed by atoms with Crippen LogP contribution in [-0.4, -0.2) is 18.7 Å². The molecule has 0 saturated carbocycles. The number of fused-ring (bicyclic) bond motifs is 1. The Hall–Kier alpha value is -3.27. The van der Waals surface area contributed by atoms with Gasteiger partial charge in [0.05, 0.1) is 0 Å². The van der Waals surface area contributed by atoms with E-state index in [1.165, 1.54) is 17.7 Å². The second kappa shape index (κ2) is 9.25. The van der Waals surface area contributed by atoms with Crippen molar-refractivity contribution < 1.29 is 9.18 Å². The number of aryl methyl sites for hydroxylation is 1. The van der Waals surface area contributed by atoms with Gasteiger partial charge in [-0.1, -0.05) is 49.4 Å². The van der Waals surface area contributed by atoms with Crippen LogP contribution in [0.15, 0.2) is 77.4 Å². The molecule has 0 fully saturated rings. The fourth-order valence-corrected chi connectivity index (χ4v) is 4.20. The Morgan fingerprint density at radius 3 is 2.65 bits per heavy atom. The van der Waals surface area contributed by atoms with Gasteiger partial charge in [-0.05, 0) is 59.5 Å². The highest BCUT2D eigenvalue weighted by Crippen LogP contribution is 2.34. The molecule has 4 rings (SSSR count). The highest BCUT2D eigenvalue weighted by Gasteiger charge is 2.18. The molecule has 1 aliphatic rings. The topological polar surface area (TPSA) is 32.7 Å². The van der Waals surface area contributed by atoms with E-state index in [4.69, 9.17) is 0 Å². The molecule has 1 unspecified atom stereocenters. The monoisotopic (exact) mass is 414 g/mol. The predicted octanol–water partition coefficient (Wildman–Crippen LogP) is 6.43. The number of carbonyl (C=O) groups is 1. The molecule has 0 saturated heterocycles. The third-order valence-electron chi connectivity index (χ3n) is 5.95. The molecule has 0 bridgehead atoms. The minimum atomic E-state index is -0.259. The summed E-state index contributed by atoms with van der Waals surface area (Å²) in [5.74, 6) is 0.00674. The number of allylic oxidation sites excluding steroid dienone is 2. The third kappa shape index (κ3) is 4.58. The van der Waals surface area contributed by atoms with Gasteiger partial charge < -0.3 is 4.90 Å². The Morgan fingerprint density at radius 1 is 1.13 bits per heavy atom. The Labute approximate surface area is 182 Å². The van der Waals surface area contributed by atoms with Crippen LogP contribution in [0, 0.1) is 5.82 Å². The first-order chi connectivity index (χ1) is 15.1. The zero-order chi connectivity index (χ0) is 21.8. The lowest BCUT2D eigenvalue weighted by atomic mass is 9.92. The molecule has 1 heterocycles. The van der Waals surface area contributed by atoms with E-state index in [2.05, 4.69) is 48.3 Å². The molecule has 3 aromatic carbocycles. The molecule has 0 aromatic heterocycles. The summed E-state index contributed by atoms with van der Waals surface area (Å²) in [4.78, 5) is 19.4. The van der Waals surface area contributed by atoms with Crippen LogP contribution in [-0.2, 0) is 11.2 Å². The van der Waals surface area contributed by atoms with Crippen molar-refractivity contribution >= 4 is 28.6 Å². The van der Waals surface area contributed by atoms with Crippen molar-refractivity contribution in [1.82, 2.24) is 0 Å². The van der Waals surface area contributed by atoms with E-state index < -0.39 is 0 Å². The van der Waals surface area contributed by atoms with E-state index in [-0.39, 0.29) is 17.6 Å². The Bertz CT molecular complexity index is 1150. The van der Waals surface area contributed by atoms with Crippen molar-refractivity contribution in [2.75, 3.05) is 11.4 Å². The van der Waals surface area contributed by atoms with Crippen LogP contribution in [0.1, 0.15) is 43.7 Å². The van der Waals surface area contributed by atoms with Crippen molar-refractivity contribution in [3.63, 3.8) is 0 Å². The summed E-state index contributed by atoms with van der Waals surface area (Å²) in [5.41, 5.74) is 4.19. The van der Waals surface area contributed by atoms with Gasteiger partial charge in [0.25, 0.3) is 0 Å². The van der Waals surface area contributed by atoms with Crippen LogP contribution in [0.25, 0.3) is 10.8 Å². The van der Waals surface area contributed by atoms with Crippen molar-refractivity contribution in [3.8, 4) is 0 Å². The number of halogens is 1. The SMILES string of the molecule is CCN(C(=O)CCc1ccc(F)cc1)c1ccc2cccc(C(C)C3=CCC=N3)c2c1. The van der Waals surface area contributed by atoms with Crippen LogP contribution in [0.3, 0.4) is 0 Å². The Kier molecular flexibility index (Phi) is 6.26. The van der Waals surface area contributed by atoms with E-state index in [0.717, 1.165) is 34.1 Å². The molecule has 0 aliphatic carbocycles. The molecule has 3 aromatic rings. The zero-order valence-corrected chi connectivity index (χ0v) is 18.0. The minimum absolute atomic E-state index is 0.0693. The number of anilines is 1. The standard InChI is InChI=1S/C27H27FN2O/c1-3-30(27(31)16-11-20-9-13-22(28)14-10-20)23-15-12-21-6-4-7-24(25(21)18-23)19(2)26-8-5-17-29-26/h4,6-10,12-15,17-19H,3,5,11,16H2,1-2H3. The molecular formula is C27H27FN2O. The zero-order valence-electron chi connectivity index (χ0n) is 18.0. The molecule has 1 aliphatic heterocycles. The minimum Gasteiger partial charge on any atom is -0.313 e. The fourth-order valence-electron chi connectivity index (χ4n) is 4.20. The lowest BCUT2D eigenvalue weighted by Gasteiger charge is -2.23. The number of benzene rings is 3. The summed E-state index contributed by atoms with van der Waals surface area (Å²) in [6, 6.07) is 18.9. The smallest absolute Gasteiger partial charge is 0.227 e. The highest BCUT2D eigenvalue weighted by atomic mass is 19.1. The van der Waals surface area contributed by atoms with Crippen molar-refractivity contribution in [3.05, 3.63) is 89.4 Å². The number of hydrogen-bond acceptors (Lipinski definition) is 2. The second-order valence-corrected chi connectivity index (χ2v) is 7.92. The van der Waals surface area contributed by atoms with Gasteiger partial charge in [-0.3, -0.25) is 9.79 Å². The van der Waals surface area contributed by atoms with Crippen molar-refractivity contribution in [1.29, 1.82) is 0 Å². The number of aliphatic imine (C=N–C) groups is 1. The maximum absolute atomic E-state index is 13.1. The first-order valence-electron chi connectivity index (χ1n) is 10.9. The average molecular weight is 415 g/mol. The van der Waals surface area contributed by atoms with Gasteiger partial charge in [0.15, 0.2) is 0 Å². The molecule has 4 heteroatoms. The molecule has 31 heavy (non-hydrogen) atoms. The number of carbonyl (C=O) groups excluding carboxylic acids is 1. The number of amides is 1. The summed E-state index contributed by atoms with van der Waals surface area (Å²) in [5, 5.41) is 2.31. The number of hydrogen-bond donors (Lipinski definition) is 0. The van der Waals surface area contributed by atoms with Crippen LogP contribution in [0.4, 0.5) is 10.1 Å². The largest absolute Gasteiger partial charge is 0.313 e. The van der Waals surface area contributed by atoms with Gasteiger partial charge in [0.2, 0.25) is 5.91 Å². The van der Waals surface area contributed by atoms with Gasteiger partial charge >= 0.3 is 0 Å². The van der Waals surface area contributed by atoms with Crippen LogP contribution in [0.5, 0.6) is 0 Å². The van der Waals surface area contributed by atoms with Gasteiger partial charge in [-0.15, -0.1) is 0 Å². The summed E-state index contributed by atoms with van der Waals surface area (Å²) in [6.45, 7) is 4.77. The predicted molar refractivity (Wildman–Crippen MR) is 126 cm³/mol. The Morgan fingerprint density at radius 2 is 1.94 bits per heavy atom. The van der Waals surface area contributed by atoms with Gasteiger partial charge in [-0.25, -0.2) is 4.39 Å². The third-order valence-corrected chi connectivity index (χ3v) is 5.95. The lowest BCUT2D eigenvalue weighted by molar-refractivity contribution is -0.118. The van der Waals surface area contributed by atoms with Crippen molar-refractivity contribution in [2.45, 2.75) is 39.0 Å². The van der Waals surface area contributed by atoms with E-state index in [1.807, 2.05) is 24.1 Å². The lowest BCUT2D eigenvalue weighted by Crippen LogP contribution is -2.30.